The van der Waals surface area contributed by atoms with Crippen LogP contribution in [0.3, 0.4) is 0 Å². The van der Waals surface area contributed by atoms with Gasteiger partial charge in [0.2, 0.25) is 0 Å². The van der Waals surface area contributed by atoms with E-state index in [0.29, 0.717) is 0 Å². The molecule has 5 rings (SSSR count). The Labute approximate surface area is 170 Å². The summed E-state index contributed by atoms with van der Waals surface area (Å²) in [6.45, 7) is 6.20. The van der Waals surface area contributed by atoms with Crippen LogP contribution in [0.4, 0.5) is 5.82 Å². The van der Waals surface area contributed by atoms with Gasteiger partial charge in [-0.2, -0.15) is 5.10 Å². The lowest BCUT2D eigenvalue weighted by Gasteiger charge is -2.19. The van der Waals surface area contributed by atoms with Crippen LogP contribution in [0.5, 0.6) is 0 Å². The molecule has 4 aromatic rings. The van der Waals surface area contributed by atoms with Gasteiger partial charge in [-0.1, -0.05) is 30.8 Å². The lowest BCUT2D eigenvalue weighted by atomic mass is 9.97. The van der Waals surface area contributed by atoms with Gasteiger partial charge < -0.3 is 10.6 Å². The monoisotopic (exact) mass is 381 g/mol. The van der Waals surface area contributed by atoms with Crippen molar-refractivity contribution >= 4 is 22.3 Å². The molecule has 5 nitrogen and oxygen atoms in total. The summed E-state index contributed by atoms with van der Waals surface area (Å²) in [6, 6.07) is 15.0. The Morgan fingerprint density at radius 3 is 2.83 bits per heavy atom. The minimum absolute atomic E-state index is 0.793. The van der Waals surface area contributed by atoms with E-state index in [1.165, 1.54) is 11.1 Å². The highest BCUT2D eigenvalue weighted by Crippen LogP contribution is 2.27. The van der Waals surface area contributed by atoms with Gasteiger partial charge in [-0.25, -0.2) is 4.98 Å². The third kappa shape index (κ3) is 3.52. The van der Waals surface area contributed by atoms with Gasteiger partial charge in [0.15, 0.2) is 0 Å². The average molecular weight is 381 g/mol. The molecule has 0 aliphatic carbocycles. The van der Waals surface area contributed by atoms with Crippen LogP contribution >= 0.6 is 0 Å². The number of anilines is 1. The number of aromatic nitrogens is 3. The van der Waals surface area contributed by atoms with Crippen molar-refractivity contribution in [2.75, 3.05) is 11.9 Å². The Morgan fingerprint density at radius 1 is 1.03 bits per heavy atom. The van der Waals surface area contributed by atoms with E-state index in [4.69, 9.17) is 0 Å². The van der Waals surface area contributed by atoms with Gasteiger partial charge in [-0.05, 0) is 58.8 Å². The molecule has 0 spiro atoms. The number of aryl methyl sites for hydroxylation is 1. The molecule has 0 saturated carbocycles. The van der Waals surface area contributed by atoms with E-state index in [0.717, 1.165) is 58.5 Å². The van der Waals surface area contributed by atoms with E-state index >= 15 is 0 Å². The van der Waals surface area contributed by atoms with Crippen molar-refractivity contribution in [3.8, 4) is 11.1 Å². The fourth-order valence-electron chi connectivity index (χ4n) is 3.85. The molecule has 1 aliphatic rings. The summed E-state index contributed by atoms with van der Waals surface area (Å²) in [4.78, 5) is 4.57. The highest BCUT2D eigenvalue weighted by Gasteiger charge is 2.11. The van der Waals surface area contributed by atoms with Gasteiger partial charge >= 0.3 is 0 Å². The summed E-state index contributed by atoms with van der Waals surface area (Å²) in [5, 5.41) is 13.3. The first kappa shape index (κ1) is 17.6. The molecule has 0 bridgehead atoms. The molecule has 0 saturated heterocycles. The maximum Gasteiger partial charge on any atom is 0.130 e. The lowest BCUT2D eigenvalue weighted by Crippen LogP contribution is -2.23. The van der Waals surface area contributed by atoms with Crippen LogP contribution in [0.25, 0.3) is 27.6 Å². The van der Waals surface area contributed by atoms with E-state index in [2.05, 4.69) is 69.8 Å². The summed E-state index contributed by atoms with van der Waals surface area (Å²) >= 11 is 0. The third-order valence-corrected chi connectivity index (χ3v) is 5.48. The number of hydrogen-bond acceptors (Lipinski definition) is 4. The Kier molecular flexibility index (Phi) is 4.37. The first-order valence-electron chi connectivity index (χ1n) is 9.83. The van der Waals surface area contributed by atoms with Crippen LogP contribution in [0.2, 0.25) is 0 Å². The third-order valence-electron chi connectivity index (χ3n) is 5.48. The standard InChI is InChI=1S/C24H23N5/c1-16(18-4-3-17-7-8-25-12-22(17)9-18)28-24-11-21-10-19(5-6-20(21)13-26-24)23-14-27-29(2)15-23/h3-6,9-11,13-15,25H,1,7-8,12H2,2H3,(H,26,28). The van der Waals surface area contributed by atoms with Gasteiger partial charge in [0, 0.05) is 42.6 Å². The van der Waals surface area contributed by atoms with Crippen molar-refractivity contribution < 1.29 is 0 Å². The van der Waals surface area contributed by atoms with Crippen LogP contribution < -0.4 is 10.6 Å². The topological polar surface area (TPSA) is 54.8 Å². The van der Waals surface area contributed by atoms with Gasteiger partial charge in [0.25, 0.3) is 0 Å². The molecule has 2 aromatic carbocycles. The summed E-state index contributed by atoms with van der Waals surface area (Å²) in [5.41, 5.74) is 6.97. The number of fused-ring (bicyclic) bond motifs is 2. The molecule has 144 valence electrons. The highest BCUT2D eigenvalue weighted by atomic mass is 15.2. The average Bonchev–Trinajstić information content (AvgIpc) is 3.19. The Bertz CT molecular complexity index is 1220. The summed E-state index contributed by atoms with van der Waals surface area (Å²) < 4.78 is 1.82. The number of nitrogens with zero attached hydrogens (tertiary/aromatic N) is 3. The smallest absolute Gasteiger partial charge is 0.130 e. The normalized spacial score (nSPS) is 13.3. The van der Waals surface area contributed by atoms with Crippen LogP contribution in [0.15, 0.2) is 67.6 Å². The van der Waals surface area contributed by atoms with Crippen molar-refractivity contribution in [1.29, 1.82) is 0 Å². The highest BCUT2D eigenvalue weighted by molar-refractivity contribution is 5.89. The Morgan fingerprint density at radius 2 is 1.97 bits per heavy atom. The fraction of sp³-hybridized carbons (Fsp3) is 0.167. The number of nitrogens with one attached hydrogen (secondary N) is 2. The van der Waals surface area contributed by atoms with Gasteiger partial charge in [-0.3, -0.25) is 4.68 Å². The first-order valence-corrected chi connectivity index (χ1v) is 9.83. The number of benzene rings is 2. The van der Waals surface area contributed by atoms with E-state index < -0.39 is 0 Å². The quantitative estimate of drug-likeness (QED) is 0.551. The fourth-order valence-corrected chi connectivity index (χ4v) is 3.85. The van der Waals surface area contributed by atoms with Gasteiger partial charge in [0.1, 0.15) is 5.82 Å². The van der Waals surface area contributed by atoms with E-state index in [1.54, 1.807) is 0 Å². The van der Waals surface area contributed by atoms with Crippen LogP contribution in [-0.2, 0) is 20.0 Å². The van der Waals surface area contributed by atoms with E-state index in [1.807, 2.05) is 30.3 Å². The summed E-state index contributed by atoms with van der Waals surface area (Å²) in [6.07, 6.45) is 6.89. The molecule has 3 heterocycles. The molecule has 0 unspecified atom stereocenters. The largest absolute Gasteiger partial charge is 0.340 e. The Balaban J connectivity index is 1.42. The van der Waals surface area contributed by atoms with E-state index in [-0.39, 0.29) is 0 Å². The summed E-state index contributed by atoms with van der Waals surface area (Å²) in [7, 11) is 1.93. The van der Waals surface area contributed by atoms with Crippen molar-refractivity contribution in [3.05, 3.63) is 84.3 Å². The molecule has 29 heavy (non-hydrogen) atoms. The predicted molar refractivity (Wildman–Crippen MR) is 118 cm³/mol. The molecule has 0 atom stereocenters. The molecule has 2 N–H and O–H groups in total. The van der Waals surface area contributed by atoms with E-state index in [9.17, 15) is 0 Å². The minimum Gasteiger partial charge on any atom is -0.340 e. The minimum atomic E-state index is 0.793. The van der Waals surface area contributed by atoms with Gasteiger partial charge in [0.05, 0.1) is 6.20 Å². The summed E-state index contributed by atoms with van der Waals surface area (Å²) in [5.74, 6) is 0.793. The van der Waals surface area contributed by atoms with Crippen molar-refractivity contribution in [1.82, 2.24) is 20.1 Å². The second-order valence-electron chi connectivity index (χ2n) is 7.55. The molecule has 0 radical (unpaired) electrons. The van der Waals surface area contributed by atoms with Crippen molar-refractivity contribution in [3.63, 3.8) is 0 Å². The van der Waals surface area contributed by atoms with Crippen molar-refractivity contribution in [2.45, 2.75) is 13.0 Å². The molecule has 2 aromatic heterocycles. The zero-order chi connectivity index (χ0) is 19.8. The Hall–Kier alpha value is -3.44. The predicted octanol–water partition coefficient (Wildman–Crippen LogP) is 4.36. The molecule has 0 fully saturated rings. The molecule has 5 heteroatoms. The second-order valence-corrected chi connectivity index (χ2v) is 7.55. The molecule has 0 amide bonds. The number of hydrogen-bond donors (Lipinski definition) is 2. The van der Waals surface area contributed by atoms with Crippen LogP contribution in [0, 0.1) is 0 Å². The van der Waals surface area contributed by atoms with Crippen LogP contribution in [0.1, 0.15) is 16.7 Å². The molecular weight excluding hydrogens is 358 g/mol. The maximum atomic E-state index is 4.57. The second kappa shape index (κ2) is 7.18. The van der Waals surface area contributed by atoms with Crippen LogP contribution in [-0.4, -0.2) is 21.3 Å². The maximum absolute atomic E-state index is 4.57. The lowest BCUT2D eigenvalue weighted by molar-refractivity contribution is 0.643. The number of pyridine rings is 1. The molecular formula is C24H23N5. The zero-order valence-corrected chi connectivity index (χ0v) is 16.4. The SMILES string of the molecule is C=C(Nc1cc2cc(-c3cnn(C)c3)ccc2cn1)c1ccc2c(c1)CNCC2. The van der Waals surface area contributed by atoms with Gasteiger partial charge in [-0.15, -0.1) is 0 Å². The molecule has 1 aliphatic heterocycles. The zero-order valence-electron chi connectivity index (χ0n) is 16.4. The van der Waals surface area contributed by atoms with Crippen molar-refractivity contribution in [2.24, 2.45) is 7.05 Å². The number of rotatable bonds is 4. The first-order chi connectivity index (χ1) is 14.2.